The van der Waals surface area contributed by atoms with E-state index in [4.69, 9.17) is 0 Å². The van der Waals surface area contributed by atoms with Crippen molar-refractivity contribution in [1.29, 1.82) is 0 Å². The van der Waals surface area contributed by atoms with E-state index in [0.29, 0.717) is 28.8 Å². The maximum absolute atomic E-state index is 12.8. The Labute approximate surface area is 243 Å². The molecule has 0 aromatic heterocycles. The Morgan fingerprint density at radius 1 is 0.975 bits per heavy atom. The summed E-state index contributed by atoms with van der Waals surface area (Å²) >= 11 is 0. The van der Waals surface area contributed by atoms with E-state index < -0.39 is 0 Å². The average Bonchev–Trinajstić information content (AvgIpc) is 2.88. The molecule has 6 aliphatic rings. The molecule has 5 aliphatic carbocycles. The van der Waals surface area contributed by atoms with Gasteiger partial charge in [-0.05, 0) is 117 Å². The fraction of sp³-hybridized carbons (Fsp3) is 0.750. The summed E-state index contributed by atoms with van der Waals surface area (Å²) in [5.74, 6) is 0.410. The van der Waals surface area contributed by atoms with Crippen LogP contribution in [0.1, 0.15) is 107 Å². The van der Waals surface area contributed by atoms with Crippen LogP contribution in [0, 0.1) is 33.0 Å². The number of hydrogen-bond donors (Lipinski definition) is 2. The van der Waals surface area contributed by atoms with Crippen molar-refractivity contribution in [2.24, 2.45) is 33.0 Å². The smallest absolute Gasteiger partial charge is 0.220 e. The van der Waals surface area contributed by atoms with Gasteiger partial charge in [0, 0.05) is 42.7 Å². The van der Waals surface area contributed by atoms with E-state index in [1.54, 1.807) is 11.6 Å². The number of carbonyl (C=O) groups excluding carboxylic acids is 1. The molecule has 2 N–H and O–H groups in total. The minimum Gasteiger partial charge on any atom is -0.504 e. The highest BCUT2D eigenvalue weighted by Crippen LogP contribution is 2.76. The topological polar surface area (TPSA) is 52.6 Å². The zero-order valence-corrected chi connectivity index (χ0v) is 26.5. The number of nitrogens with zero attached hydrogens (tertiary/aromatic N) is 1. The predicted molar refractivity (Wildman–Crippen MR) is 164 cm³/mol. The molecule has 40 heavy (non-hydrogen) atoms. The van der Waals surface area contributed by atoms with E-state index in [1.165, 1.54) is 51.5 Å². The fourth-order valence-electron chi connectivity index (χ4n) is 11.3. The van der Waals surface area contributed by atoms with Crippen LogP contribution in [0.15, 0.2) is 46.3 Å². The van der Waals surface area contributed by atoms with Crippen LogP contribution in [-0.2, 0) is 4.79 Å². The number of hydrogen-bond acceptors (Lipinski definition) is 4. The summed E-state index contributed by atoms with van der Waals surface area (Å²) in [5.41, 5.74) is 5.53. The quantitative estimate of drug-likeness (QED) is 0.381. The second kappa shape index (κ2) is 9.17. The summed E-state index contributed by atoms with van der Waals surface area (Å²) in [7, 11) is 0. The van der Waals surface area contributed by atoms with Gasteiger partial charge in [-0.15, -0.1) is 0 Å². The molecule has 0 spiro atoms. The molecule has 0 amide bonds. The van der Waals surface area contributed by atoms with E-state index >= 15 is 0 Å². The van der Waals surface area contributed by atoms with Gasteiger partial charge in [0.15, 0.2) is 5.76 Å². The molecule has 4 nitrogen and oxygen atoms in total. The Balaban J connectivity index is 1.38. The van der Waals surface area contributed by atoms with E-state index in [2.05, 4.69) is 70.8 Å². The maximum atomic E-state index is 12.8. The van der Waals surface area contributed by atoms with Gasteiger partial charge in [-0.25, -0.2) is 0 Å². The molecule has 2 unspecified atom stereocenters. The van der Waals surface area contributed by atoms with E-state index in [1.807, 2.05) is 6.92 Å². The monoisotopic (exact) mass is 546 g/mol. The van der Waals surface area contributed by atoms with Crippen LogP contribution in [-0.4, -0.2) is 47.5 Å². The van der Waals surface area contributed by atoms with Gasteiger partial charge in [-0.3, -0.25) is 9.69 Å². The first kappa shape index (κ1) is 28.5. The highest BCUT2D eigenvalue weighted by molar-refractivity contribution is 6.06. The van der Waals surface area contributed by atoms with Crippen molar-refractivity contribution < 1.29 is 9.90 Å². The number of allylic oxidation sites excluding steroid dienone is 7. The van der Waals surface area contributed by atoms with E-state index in [9.17, 15) is 9.90 Å². The van der Waals surface area contributed by atoms with Crippen molar-refractivity contribution in [3.05, 3.63) is 46.3 Å². The predicted octanol–water partition coefficient (Wildman–Crippen LogP) is 7.69. The zero-order chi connectivity index (χ0) is 28.9. The van der Waals surface area contributed by atoms with Crippen LogP contribution in [0.5, 0.6) is 0 Å². The molecule has 0 radical (unpaired) electrons. The molecule has 1 aliphatic heterocycles. The zero-order valence-electron chi connectivity index (χ0n) is 26.5. The van der Waals surface area contributed by atoms with Crippen molar-refractivity contribution >= 4 is 5.78 Å². The SMILES string of the molecule is CC[C@@]12CC[C@@]3(C)C4=CC(=O)C(O)=C(C)C4=CC=C3[C@@]1(C)CC[C@@]1(C)CC[C@@](C)(CN3CC(C)NC(C)C3)C[C@H]12. The highest BCUT2D eigenvalue weighted by atomic mass is 16.3. The summed E-state index contributed by atoms with van der Waals surface area (Å²) in [6, 6.07) is 1.13. The van der Waals surface area contributed by atoms with Crippen LogP contribution in [0.25, 0.3) is 0 Å². The summed E-state index contributed by atoms with van der Waals surface area (Å²) in [6.07, 6.45) is 16.5. The van der Waals surface area contributed by atoms with Gasteiger partial charge in [0.2, 0.25) is 5.78 Å². The van der Waals surface area contributed by atoms with Gasteiger partial charge in [0.05, 0.1) is 0 Å². The normalized spacial score (nSPS) is 47.4. The molecular formula is C36H54N2O2. The lowest BCUT2D eigenvalue weighted by Gasteiger charge is -2.71. The number of aliphatic hydroxyl groups is 1. The number of carbonyl (C=O) groups is 1. The number of fused-ring (bicyclic) bond motifs is 7. The van der Waals surface area contributed by atoms with Gasteiger partial charge in [0.1, 0.15) is 0 Å². The largest absolute Gasteiger partial charge is 0.504 e. The first-order valence-corrected chi connectivity index (χ1v) is 16.3. The van der Waals surface area contributed by atoms with Crippen LogP contribution in [0.2, 0.25) is 0 Å². The summed E-state index contributed by atoms with van der Waals surface area (Å²) in [4.78, 5) is 15.6. The molecule has 4 heteroatoms. The van der Waals surface area contributed by atoms with Crippen LogP contribution < -0.4 is 5.32 Å². The molecule has 8 atom stereocenters. The Bertz CT molecular complexity index is 1230. The Morgan fingerprint density at radius 2 is 1.65 bits per heavy atom. The van der Waals surface area contributed by atoms with Crippen LogP contribution >= 0.6 is 0 Å². The van der Waals surface area contributed by atoms with Crippen molar-refractivity contribution in [1.82, 2.24) is 10.2 Å². The maximum Gasteiger partial charge on any atom is 0.220 e. The number of ketones is 1. The molecule has 0 aromatic carbocycles. The van der Waals surface area contributed by atoms with Gasteiger partial charge >= 0.3 is 0 Å². The minimum absolute atomic E-state index is 0.0800. The summed E-state index contributed by atoms with van der Waals surface area (Å²) in [6.45, 7) is 22.9. The summed E-state index contributed by atoms with van der Waals surface area (Å²) < 4.78 is 0. The molecular weight excluding hydrogens is 492 g/mol. The van der Waals surface area contributed by atoms with Gasteiger partial charge < -0.3 is 10.4 Å². The van der Waals surface area contributed by atoms with Crippen molar-refractivity contribution in [2.75, 3.05) is 19.6 Å². The first-order valence-electron chi connectivity index (χ1n) is 16.3. The number of rotatable bonds is 3. The molecule has 1 saturated heterocycles. The van der Waals surface area contributed by atoms with Crippen LogP contribution in [0.3, 0.4) is 0 Å². The fourth-order valence-corrected chi connectivity index (χ4v) is 11.3. The molecule has 6 rings (SSSR count). The third kappa shape index (κ3) is 3.87. The van der Waals surface area contributed by atoms with Crippen molar-refractivity contribution in [3.63, 3.8) is 0 Å². The number of aliphatic hydroxyl groups excluding tert-OH is 1. The highest BCUT2D eigenvalue weighted by Gasteiger charge is 2.67. The lowest BCUT2D eigenvalue weighted by Crippen LogP contribution is -2.63. The Morgan fingerprint density at radius 3 is 2.33 bits per heavy atom. The van der Waals surface area contributed by atoms with Crippen LogP contribution in [0.4, 0.5) is 0 Å². The number of nitrogens with one attached hydrogen (secondary N) is 1. The molecule has 0 bridgehead atoms. The molecule has 4 fully saturated rings. The molecule has 3 saturated carbocycles. The van der Waals surface area contributed by atoms with Gasteiger partial charge in [0.25, 0.3) is 0 Å². The van der Waals surface area contributed by atoms with E-state index in [0.717, 1.165) is 36.2 Å². The molecule has 1 heterocycles. The summed E-state index contributed by atoms with van der Waals surface area (Å²) in [5, 5.41) is 14.2. The first-order chi connectivity index (χ1) is 18.7. The lowest BCUT2D eigenvalue weighted by atomic mass is 9.33. The third-order valence-corrected chi connectivity index (χ3v) is 13.5. The average molecular weight is 547 g/mol. The number of piperazine rings is 1. The molecule has 220 valence electrons. The van der Waals surface area contributed by atoms with Gasteiger partial charge in [-0.2, -0.15) is 0 Å². The lowest BCUT2D eigenvalue weighted by molar-refractivity contribution is -0.175. The third-order valence-electron chi connectivity index (χ3n) is 13.5. The second-order valence-electron chi connectivity index (χ2n) is 16.1. The van der Waals surface area contributed by atoms with Crippen molar-refractivity contribution in [2.45, 2.75) is 119 Å². The molecule has 0 aromatic rings. The minimum atomic E-state index is -0.222. The second-order valence-corrected chi connectivity index (χ2v) is 16.1. The Kier molecular flexibility index (Phi) is 6.53. The Hall–Kier alpha value is -1.65. The standard InChI is InChI=1S/C36H54N2O2/c1-9-36-17-15-34(7)27-18-28(39)31(40)25(4)26(27)10-11-29(34)35(36,8)16-14-33(6)13-12-32(5,19-30(33)36)22-38-20-23(2)37-24(3)21-38/h10-11,18,23-24,30,37,40H,9,12-17,19-22H2,1-8H3/t23?,24?,30-,32-,33-,34+,35-,36+/m1/s1. The van der Waals surface area contributed by atoms with Gasteiger partial charge in [-0.1, -0.05) is 52.3 Å². The van der Waals surface area contributed by atoms with E-state index in [-0.39, 0.29) is 27.8 Å². The van der Waals surface area contributed by atoms with Crippen molar-refractivity contribution in [3.8, 4) is 0 Å².